The highest BCUT2D eigenvalue weighted by atomic mass is 32.2. The summed E-state index contributed by atoms with van der Waals surface area (Å²) in [6.45, 7) is 7.53. The van der Waals surface area contributed by atoms with E-state index in [1.165, 1.54) is 10.4 Å². The first kappa shape index (κ1) is 31.3. The number of sulfonamides is 1. The summed E-state index contributed by atoms with van der Waals surface area (Å²) in [7, 11) is -4.02. The van der Waals surface area contributed by atoms with Crippen molar-refractivity contribution in [2.45, 2.75) is 70.0 Å². The molecule has 238 valence electrons. The van der Waals surface area contributed by atoms with Crippen LogP contribution in [0.2, 0.25) is 0 Å². The lowest BCUT2D eigenvalue weighted by atomic mass is 9.82. The number of aliphatic hydroxyl groups is 1. The highest BCUT2D eigenvalue weighted by molar-refractivity contribution is 7.89. The standard InChI is InChI=1S/C32H40N2O8S2/c1-20(2)15-34(44(36,37)25-9-11-29-30(14-25)42-19-41-29)31(27-17-40-32-26(27)12-13-38-32)28(35)10-6-22-4-7-24(8-5-22)39-16-23-18-43-21(3)33-23/h4-5,7-9,11,14,18,20,26-28,31-32,35H,6,10,12-13,15-17,19H2,1-3H3/t26-,27?,28+,31+,32+/m0/s1. The minimum Gasteiger partial charge on any atom is -0.487 e. The van der Waals surface area contributed by atoms with E-state index in [0.717, 1.165) is 28.4 Å². The summed E-state index contributed by atoms with van der Waals surface area (Å²) in [6.07, 6.45) is 0.406. The van der Waals surface area contributed by atoms with E-state index in [2.05, 4.69) is 4.98 Å². The number of fused-ring (bicyclic) bond motifs is 2. The summed E-state index contributed by atoms with van der Waals surface area (Å²) in [5, 5.41) is 14.9. The number of hydrogen-bond donors (Lipinski definition) is 1. The molecule has 0 spiro atoms. The maximum absolute atomic E-state index is 14.4. The summed E-state index contributed by atoms with van der Waals surface area (Å²) in [5.74, 6) is 1.47. The largest absolute Gasteiger partial charge is 0.487 e. The van der Waals surface area contributed by atoms with Crippen molar-refractivity contribution in [3.63, 3.8) is 0 Å². The van der Waals surface area contributed by atoms with Crippen LogP contribution in [0.15, 0.2) is 52.7 Å². The second kappa shape index (κ2) is 13.3. The smallest absolute Gasteiger partial charge is 0.243 e. The molecule has 12 heteroatoms. The summed E-state index contributed by atoms with van der Waals surface area (Å²) in [4.78, 5) is 4.55. The van der Waals surface area contributed by atoms with Crippen molar-refractivity contribution in [1.29, 1.82) is 0 Å². The summed E-state index contributed by atoms with van der Waals surface area (Å²) in [5.41, 5.74) is 1.93. The van der Waals surface area contributed by atoms with Crippen LogP contribution in [0.5, 0.6) is 17.2 Å². The van der Waals surface area contributed by atoms with Crippen molar-refractivity contribution in [2.24, 2.45) is 17.8 Å². The van der Waals surface area contributed by atoms with Crippen LogP contribution in [0.25, 0.3) is 0 Å². The zero-order valence-electron chi connectivity index (χ0n) is 25.3. The summed E-state index contributed by atoms with van der Waals surface area (Å²) < 4.78 is 58.8. The van der Waals surface area contributed by atoms with Gasteiger partial charge in [-0.3, -0.25) is 0 Å². The molecule has 1 aromatic heterocycles. The first-order valence-corrected chi connectivity index (χ1v) is 17.5. The number of aliphatic hydroxyl groups excluding tert-OH is 1. The zero-order valence-corrected chi connectivity index (χ0v) is 26.9. The topological polar surface area (TPSA) is 117 Å². The molecule has 3 aromatic rings. The van der Waals surface area contributed by atoms with Crippen molar-refractivity contribution in [3.8, 4) is 17.2 Å². The van der Waals surface area contributed by atoms with Crippen molar-refractivity contribution in [3.05, 3.63) is 64.1 Å². The van der Waals surface area contributed by atoms with Gasteiger partial charge in [0.2, 0.25) is 16.8 Å². The zero-order chi connectivity index (χ0) is 30.8. The van der Waals surface area contributed by atoms with Crippen LogP contribution in [-0.4, -0.2) is 67.8 Å². The quantitative estimate of drug-likeness (QED) is 0.281. The van der Waals surface area contributed by atoms with Crippen LogP contribution in [0.4, 0.5) is 0 Å². The second-order valence-corrected chi connectivity index (χ2v) is 15.0. The Hall–Kier alpha value is -2.74. The Morgan fingerprint density at radius 1 is 1.11 bits per heavy atom. The maximum atomic E-state index is 14.4. The number of benzene rings is 2. The van der Waals surface area contributed by atoms with E-state index >= 15 is 0 Å². The monoisotopic (exact) mass is 644 g/mol. The molecule has 5 atom stereocenters. The molecule has 0 bridgehead atoms. The molecule has 1 unspecified atom stereocenters. The van der Waals surface area contributed by atoms with Crippen LogP contribution in [0.3, 0.4) is 0 Å². The highest BCUT2D eigenvalue weighted by Gasteiger charge is 2.51. The molecule has 1 N–H and O–H groups in total. The SMILES string of the molecule is Cc1nc(COc2ccc(CC[C@@H](O)[C@@H](C3CO[C@H]4OCC[C@@H]34)N(CC(C)C)S(=O)(=O)c3ccc4c(c3)OCO4)cc2)cs1. The van der Waals surface area contributed by atoms with Crippen LogP contribution in [-0.2, 0) is 32.5 Å². The Kier molecular flexibility index (Phi) is 9.46. The fraction of sp³-hybridized carbons (Fsp3) is 0.531. The number of rotatable bonds is 13. The van der Waals surface area contributed by atoms with E-state index in [9.17, 15) is 13.5 Å². The third kappa shape index (κ3) is 6.75. The number of aromatic nitrogens is 1. The second-order valence-electron chi connectivity index (χ2n) is 12.1. The van der Waals surface area contributed by atoms with Crippen LogP contribution in [0, 0.1) is 24.7 Å². The lowest BCUT2D eigenvalue weighted by molar-refractivity contribution is -0.0907. The number of ether oxygens (including phenoxy) is 5. The van der Waals surface area contributed by atoms with Gasteiger partial charge in [0.15, 0.2) is 17.8 Å². The fourth-order valence-corrected chi connectivity index (χ4v) is 8.80. The predicted molar refractivity (Wildman–Crippen MR) is 164 cm³/mol. The minimum atomic E-state index is -4.02. The van der Waals surface area contributed by atoms with Gasteiger partial charge in [0.05, 0.1) is 41.0 Å². The summed E-state index contributed by atoms with van der Waals surface area (Å²) in [6, 6.07) is 11.8. The van der Waals surface area contributed by atoms with Gasteiger partial charge in [-0.1, -0.05) is 26.0 Å². The Balaban J connectivity index is 1.22. The number of thiazole rings is 1. The van der Waals surface area contributed by atoms with Gasteiger partial charge >= 0.3 is 0 Å². The van der Waals surface area contributed by atoms with Crippen molar-refractivity contribution >= 4 is 21.4 Å². The average molecular weight is 645 g/mol. The number of hydrogen-bond acceptors (Lipinski definition) is 10. The molecular weight excluding hydrogens is 604 g/mol. The van der Waals surface area contributed by atoms with Gasteiger partial charge in [-0.05, 0) is 61.9 Å². The Labute approximate surface area is 262 Å². The average Bonchev–Trinajstić information content (AvgIpc) is 3.81. The number of aryl methyl sites for hydroxylation is 2. The molecular formula is C32H40N2O8S2. The van der Waals surface area contributed by atoms with E-state index in [0.29, 0.717) is 44.2 Å². The predicted octanol–water partition coefficient (Wildman–Crippen LogP) is 4.78. The first-order chi connectivity index (χ1) is 21.2. The molecule has 0 radical (unpaired) electrons. The molecule has 6 rings (SSSR count). The molecule has 3 aliphatic rings. The molecule has 2 saturated heterocycles. The van der Waals surface area contributed by atoms with Gasteiger partial charge in [-0.2, -0.15) is 4.31 Å². The molecule has 10 nitrogen and oxygen atoms in total. The third-order valence-electron chi connectivity index (χ3n) is 8.45. The van der Waals surface area contributed by atoms with E-state index in [4.69, 9.17) is 23.7 Å². The van der Waals surface area contributed by atoms with Gasteiger partial charge < -0.3 is 28.8 Å². The highest BCUT2D eigenvalue weighted by Crippen LogP contribution is 2.42. The molecule has 4 heterocycles. The van der Waals surface area contributed by atoms with E-state index in [1.807, 2.05) is 50.4 Å². The number of nitrogens with zero attached hydrogens (tertiary/aromatic N) is 2. The van der Waals surface area contributed by atoms with Crippen LogP contribution < -0.4 is 14.2 Å². The van der Waals surface area contributed by atoms with E-state index in [1.54, 1.807) is 23.5 Å². The van der Waals surface area contributed by atoms with E-state index in [-0.39, 0.29) is 42.3 Å². The molecule has 0 aliphatic carbocycles. The molecule has 44 heavy (non-hydrogen) atoms. The normalized spacial score (nSPS) is 22.5. The van der Waals surface area contributed by atoms with E-state index < -0.39 is 22.2 Å². The first-order valence-electron chi connectivity index (χ1n) is 15.1. The van der Waals surface area contributed by atoms with Crippen molar-refractivity contribution < 1.29 is 37.2 Å². The van der Waals surface area contributed by atoms with Crippen LogP contribution in [0.1, 0.15) is 43.0 Å². The molecule has 0 saturated carbocycles. The fourth-order valence-electron chi connectivity index (χ4n) is 6.32. The van der Waals surface area contributed by atoms with Crippen molar-refractivity contribution in [2.75, 3.05) is 26.6 Å². The van der Waals surface area contributed by atoms with Gasteiger partial charge in [-0.25, -0.2) is 13.4 Å². The van der Waals surface area contributed by atoms with Crippen molar-refractivity contribution in [1.82, 2.24) is 9.29 Å². The van der Waals surface area contributed by atoms with Crippen LogP contribution >= 0.6 is 11.3 Å². The molecule has 2 aromatic carbocycles. The van der Waals surface area contributed by atoms with Gasteiger partial charge in [0.1, 0.15) is 12.4 Å². The maximum Gasteiger partial charge on any atom is 0.243 e. The lowest BCUT2D eigenvalue weighted by Gasteiger charge is -2.39. The molecule has 3 aliphatic heterocycles. The summed E-state index contributed by atoms with van der Waals surface area (Å²) >= 11 is 1.60. The van der Waals surface area contributed by atoms with Gasteiger partial charge in [-0.15, -0.1) is 11.3 Å². The van der Waals surface area contributed by atoms with Gasteiger partial charge in [0.25, 0.3) is 0 Å². The lowest BCUT2D eigenvalue weighted by Crippen LogP contribution is -2.54. The Morgan fingerprint density at radius 3 is 2.66 bits per heavy atom. The third-order valence-corrected chi connectivity index (χ3v) is 11.1. The molecule has 0 amide bonds. The molecule has 2 fully saturated rings. The van der Waals surface area contributed by atoms with Gasteiger partial charge in [0, 0.05) is 29.8 Å². The minimum absolute atomic E-state index is 0.00852. The Morgan fingerprint density at radius 2 is 1.91 bits per heavy atom. The Bertz CT molecular complexity index is 1530.